The third kappa shape index (κ3) is 3.25. The maximum absolute atomic E-state index is 10.1. The minimum absolute atomic E-state index is 0.808. The predicted octanol–water partition coefficient (Wildman–Crippen LogP) is -4.86. The van der Waals surface area contributed by atoms with Crippen LogP contribution in [0.15, 0.2) is 0 Å². The number of aliphatic carboxylic acids is 1. The summed E-state index contributed by atoms with van der Waals surface area (Å²) in [6.07, 6.45) is -5.34. The van der Waals surface area contributed by atoms with E-state index in [1.165, 1.54) is 0 Å². The fourth-order valence-corrected chi connectivity index (χ4v) is 0.687. The third-order valence-corrected chi connectivity index (χ3v) is 1.57. The lowest BCUT2D eigenvalue weighted by Crippen LogP contribution is -2.56. The van der Waals surface area contributed by atoms with Crippen molar-refractivity contribution in [3.05, 3.63) is 0 Å². The smallest absolute Gasteiger partial charge is 0.110 e. The van der Waals surface area contributed by atoms with Crippen LogP contribution in [-0.2, 0) is 4.79 Å². The molecule has 0 radical (unpaired) electrons. The molecule has 0 fully saturated rings. The first-order chi connectivity index (χ1) is 5.91. The Bertz CT molecular complexity index is 175. The van der Waals surface area contributed by atoms with Crippen molar-refractivity contribution in [1.29, 1.82) is 0 Å². The minimum atomic E-state index is -1.88. The molecule has 0 rings (SSSR count). The molecule has 6 N–H and O–H groups in total. The van der Waals surface area contributed by atoms with Crippen LogP contribution in [0.1, 0.15) is 0 Å². The monoisotopic (exact) mass is 194 g/mol. The topological polar surface area (TPSA) is 147 Å². The van der Waals surface area contributed by atoms with Gasteiger partial charge in [0, 0.05) is 0 Å². The van der Waals surface area contributed by atoms with Crippen LogP contribution in [0.25, 0.3) is 0 Å². The molecule has 0 spiro atoms. The number of aliphatic hydroxyl groups excluding tert-OH is 4. The number of carboxylic acid groups (broad SMARTS) is 1. The van der Waals surface area contributed by atoms with Gasteiger partial charge in [-0.3, -0.25) is 0 Å². The van der Waals surface area contributed by atoms with Gasteiger partial charge in [-0.05, 0) is 0 Å². The maximum atomic E-state index is 10.1. The zero-order valence-corrected chi connectivity index (χ0v) is 6.70. The molecule has 0 aromatic heterocycles. The molecule has 0 aliphatic carbocycles. The number of hydrogen-bond donors (Lipinski definition) is 5. The molecule has 0 aromatic carbocycles. The summed E-state index contributed by atoms with van der Waals surface area (Å²) in [5.41, 5.74) is 4.89. The van der Waals surface area contributed by atoms with E-state index in [1.807, 2.05) is 0 Å². The average Bonchev–Trinajstić information content (AvgIpc) is 2.12. The number of nitrogens with two attached hydrogens (primary N) is 1. The van der Waals surface area contributed by atoms with Gasteiger partial charge in [-0.15, -0.1) is 0 Å². The Morgan fingerprint density at radius 3 is 2.08 bits per heavy atom. The molecule has 0 bridgehead atoms. The first-order valence-corrected chi connectivity index (χ1v) is 3.53. The fraction of sp³-hybridized carbons (Fsp3) is 0.833. The van der Waals surface area contributed by atoms with Crippen LogP contribution in [-0.4, -0.2) is 57.4 Å². The molecule has 0 amide bonds. The Kier molecular flexibility index (Phi) is 4.81. The molecule has 7 heteroatoms. The molecule has 0 unspecified atom stereocenters. The summed E-state index contributed by atoms with van der Waals surface area (Å²) < 4.78 is 0. The van der Waals surface area contributed by atoms with Crippen LogP contribution in [0, 0.1) is 0 Å². The van der Waals surface area contributed by atoms with Gasteiger partial charge in [0.1, 0.15) is 18.3 Å². The second kappa shape index (κ2) is 5.10. The lowest BCUT2D eigenvalue weighted by atomic mass is 10.0. The number of carboxylic acids is 1. The van der Waals surface area contributed by atoms with Crippen molar-refractivity contribution in [1.82, 2.24) is 0 Å². The van der Waals surface area contributed by atoms with Gasteiger partial charge in [-0.1, -0.05) is 0 Å². The number of carbonyl (C=O) groups excluding carboxylic acids is 1. The van der Waals surface area contributed by atoms with E-state index < -0.39 is 36.9 Å². The molecule has 0 aromatic rings. The number of hydrogen-bond acceptors (Lipinski definition) is 7. The van der Waals surface area contributed by atoms with Crippen molar-refractivity contribution in [3.8, 4) is 0 Å². The van der Waals surface area contributed by atoms with Gasteiger partial charge in [-0.25, -0.2) is 0 Å². The van der Waals surface area contributed by atoms with E-state index in [4.69, 9.17) is 26.2 Å². The van der Waals surface area contributed by atoms with Crippen LogP contribution in [0.5, 0.6) is 0 Å². The first-order valence-electron chi connectivity index (χ1n) is 3.53. The lowest BCUT2D eigenvalue weighted by Gasteiger charge is -2.26. The fourth-order valence-electron chi connectivity index (χ4n) is 0.687. The SMILES string of the molecule is N[C@@H](C(=O)[O-])[C@@H](O)[C@@H](O)[C@H](O)CO. The Balaban J connectivity index is 4.24. The Hall–Kier alpha value is -0.730. The molecule has 0 saturated heterocycles. The minimum Gasteiger partial charge on any atom is -0.548 e. The maximum Gasteiger partial charge on any atom is 0.110 e. The molecule has 4 atom stereocenters. The van der Waals surface area contributed by atoms with Crippen molar-refractivity contribution in [3.63, 3.8) is 0 Å². The van der Waals surface area contributed by atoms with Crippen molar-refractivity contribution < 1.29 is 30.3 Å². The number of carbonyl (C=O) groups is 1. The highest BCUT2D eigenvalue weighted by molar-refractivity contribution is 5.71. The van der Waals surface area contributed by atoms with Gasteiger partial charge in [-0.2, -0.15) is 0 Å². The zero-order chi connectivity index (χ0) is 10.6. The van der Waals surface area contributed by atoms with E-state index >= 15 is 0 Å². The molecule has 0 aliphatic rings. The lowest BCUT2D eigenvalue weighted by molar-refractivity contribution is -0.310. The highest BCUT2D eigenvalue weighted by Gasteiger charge is 2.29. The van der Waals surface area contributed by atoms with E-state index in [0.29, 0.717) is 0 Å². The van der Waals surface area contributed by atoms with Crippen LogP contribution in [0.4, 0.5) is 0 Å². The quantitative estimate of drug-likeness (QED) is 0.295. The molecule has 7 nitrogen and oxygen atoms in total. The second-order valence-electron chi connectivity index (χ2n) is 2.58. The normalized spacial score (nSPS) is 20.4. The summed E-state index contributed by atoms with van der Waals surface area (Å²) in [4.78, 5) is 10.1. The average molecular weight is 194 g/mol. The van der Waals surface area contributed by atoms with Crippen molar-refractivity contribution in [2.45, 2.75) is 24.4 Å². The predicted molar refractivity (Wildman–Crippen MR) is 38.1 cm³/mol. The van der Waals surface area contributed by atoms with E-state index in [0.717, 1.165) is 0 Å². The van der Waals surface area contributed by atoms with Gasteiger partial charge in [0.15, 0.2) is 0 Å². The molecule has 0 aliphatic heterocycles. The van der Waals surface area contributed by atoms with E-state index in [1.54, 1.807) is 0 Å². The van der Waals surface area contributed by atoms with Gasteiger partial charge in [0.2, 0.25) is 0 Å². The van der Waals surface area contributed by atoms with Gasteiger partial charge in [0.05, 0.1) is 18.6 Å². The summed E-state index contributed by atoms with van der Waals surface area (Å²) in [5.74, 6) is -1.75. The highest BCUT2D eigenvalue weighted by atomic mass is 16.4. The van der Waals surface area contributed by atoms with Crippen molar-refractivity contribution in [2.24, 2.45) is 5.73 Å². The van der Waals surface area contributed by atoms with Crippen LogP contribution >= 0.6 is 0 Å². The Labute approximate surface area is 74.0 Å². The van der Waals surface area contributed by atoms with Crippen LogP contribution in [0.3, 0.4) is 0 Å². The standard InChI is InChI=1S/C6H13NO6/c7-3(6(12)13)5(11)4(10)2(9)1-8/h2-5,8-11H,1,7H2,(H,12,13)/p-1/t2-,3-,4+,5-/m1/s1. The largest absolute Gasteiger partial charge is 0.548 e. The summed E-state index contributed by atoms with van der Waals surface area (Å²) in [6, 6.07) is -1.81. The number of rotatable bonds is 5. The summed E-state index contributed by atoms with van der Waals surface area (Å²) in [6.45, 7) is -0.808. The molecular formula is C6H12NO6-. The van der Waals surface area contributed by atoms with E-state index in [-0.39, 0.29) is 0 Å². The molecule has 0 saturated carbocycles. The summed E-state index contributed by atoms with van der Waals surface area (Å²) in [7, 11) is 0. The van der Waals surface area contributed by atoms with E-state index in [9.17, 15) is 9.90 Å². The highest BCUT2D eigenvalue weighted by Crippen LogP contribution is 2.02. The first kappa shape index (κ1) is 12.3. The van der Waals surface area contributed by atoms with E-state index in [2.05, 4.69) is 0 Å². The third-order valence-electron chi connectivity index (χ3n) is 1.57. The van der Waals surface area contributed by atoms with Crippen molar-refractivity contribution in [2.75, 3.05) is 6.61 Å². The molecule has 78 valence electrons. The van der Waals surface area contributed by atoms with Crippen LogP contribution in [0.2, 0.25) is 0 Å². The van der Waals surface area contributed by atoms with Gasteiger partial charge in [0.25, 0.3) is 0 Å². The summed E-state index contributed by atoms with van der Waals surface area (Å²) in [5, 5.41) is 45.2. The van der Waals surface area contributed by atoms with Crippen LogP contribution < -0.4 is 10.8 Å². The van der Waals surface area contributed by atoms with Crippen molar-refractivity contribution >= 4 is 5.97 Å². The Morgan fingerprint density at radius 2 is 1.77 bits per heavy atom. The molecule has 13 heavy (non-hydrogen) atoms. The van der Waals surface area contributed by atoms with Gasteiger partial charge < -0.3 is 36.1 Å². The Morgan fingerprint density at radius 1 is 1.31 bits per heavy atom. The summed E-state index contributed by atoms with van der Waals surface area (Å²) >= 11 is 0. The second-order valence-corrected chi connectivity index (χ2v) is 2.58. The van der Waals surface area contributed by atoms with Gasteiger partial charge >= 0.3 is 0 Å². The zero-order valence-electron chi connectivity index (χ0n) is 6.70. The molecule has 0 heterocycles. The molecular weight excluding hydrogens is 182 g/mol. The number of aliphatic hydroxyl groups is 4.